The van der Waals surface area contributed by atoms with Gasteiger partial charge >= 0.3 is 6.03 Å². The van der Waals surface area contributed by atoms with E-state index in [1.54, 1.807) is 61.5 Å². The summed E-state index contributed by atoms with van der Waals surface area (Å²) in [6.07, 6.45) is 1.32. The van der Waals surface area contributed by atoms with E-state index in [1.165, 1.54) is 6.08 Å². The Morgan fingerprint density at radius 2 is 1.63 bits per heavy atom. The zero-order chi connectivity index (χ0) is 25.3. The summed E-state index contributed by atoms with van der Waals surface area (Å²) in [6.45, 7) is 1.77. The number of nitrogens with one attached hydrogen (secondary N) is 1. The van der Waals surface area contributed by atoms with Gasteiger partial charge in [-0.2, -0.15) is 0 Å². The van der Waals surface area contributed by atoms with Crippen LogP contribution in [0.15, 0.2) is 60.2 Å². The van der Waals surface area contributed by atoms with Crippen molar-refractivity contribution in [3.63, 3.8) is 0 Å². The third-order valence-corrected chi connectivity index (χ3v) is 6.48. The van der Waals surface area contributed by atoms with Gasteiger partial charge in [0.1, 0.15) is 17.9 Å². The third kappa shape index (κ3) is 5.31. The molecule has 1 saturated heterocycles. The lowest BCUT2D eigenvalue weighted by atomic mass is 10.0. The van der Waals surface area contributed by atoms with E-state index in [1.807, 2.05) is 0 Å². The largest absolute Gasteiger partial charge is 0.488 e. The van der Waals surface area contributed by atoms with E-state index in [4.69, 9.17) is 51.1 Å². The van der Waals surface area contributed by atoms with Gasteiger partial charge in [-0.15, -0.1) is 0 Å². The van der Waals surface area contributed by atoms with Crippen LogP contribution in [0.5, 0.6) is 5.75 Å². The maximum Gasteiger partial charge on any atom is 0.335 e. The first-order valence-electron chi connectivity index (χ1n) is 10.2. The second kappa shape index (κ2) is 10.3. The van der Waals surface area contributed by atoms with Crippen LogP contribution in [0.1, 0.15) is 16.7 Å². The molecular formula is C25H16Cl4N2O4. The van der Waals surface area contributed by atoms with Crippen LogP contribution in [0.25, 0.3) is 6.08 Å². The van der Waals surface area contributed by atoms with Gasteiger partial charge in [-0.3, -0.25) is 14.9 Å². The highest BCUT2D eigenvalue weighted by Gasteiger charge is 2.37. The van der Waals surface area contributed by atoms with E-state index < -0.39 is 17.8 Å². The zero-order valence-electron chi connectivity index (χ0n) is 18.1. The number of rotatable bonds is 5. The lowest BCUT2D eigenvalue weighted by Gasteiger charge is -2.27. The quantitative estimate of drug-likeness (QED) is 0.279. The first-order chi connectivity index (χ1) is 16.7. The number of carbonyl (C=O) groups excluding carboxylic acids is 3. The average Bonchev–Trinajstić information content (AvgIpc) is 2.79. The SMILES string of the molecule is Cc1c(Cl)cccc1N1C(=O)NC(=O)/C(=C\c2cc(Cl)ccc2OCc2ccc(Cl)cc2Cl)C1=O. The fourth-order valence-electron chi connectivity index (χ4n) is 3.43. The Hall–Kier alpha value is -3.03. The number of halogens is 4. The number of benzene rings is 3. The van der Waals surface area contributed by atoms with E-state index in [0.29, 0.717) is 42.5 Å². The van der Waals surface area contributed by atoms with Crippen molar-refractivity contribution in [1.82, 2.24) is 5.32 Å². The summed E-state index contributed by atoms with van der Waals surface area (Å²) in [4.78, 5) is 39.3. The van der Waals surface area contributed by atoms with Gasteiger partial charge in [-0.1, -0.05) is 58.5 Å². The van der Waals surface area contributed by atoms with Gasteiger partial charge < -0.3 is 4.74 Å². The van der Waals surface area contributed by atoms with Crippen molar-refractivity contribution >= 4 is 76.0 Å². The molecule has 6 nitrogen and oxygen atoms in total. The van der Waals surface area contributed by atoms with E-state index in [-0.39, 0.29) is 17.9 Å². The fourth-order valence-corrected chi connectivity index (χ4v) is 4.24. The molecule has 0 spiro atoms. The molecule has 0 aliphatic carbocycles. The minimum absolute atomic E-state index is 0.0975. The van der Waals surface area contributed by atoms with Crippen molar-refractivity contribution in [2.24, 2.45) is 0 Å². The maximum atomic E-state index is 13.3. The van der Waals surface area contributed by atoms with Gasteiger partial charge in [-0.05, 0) is 61.0 Å². The Labute approximate surface area is 221 Å². The molecule has 0 atom stereocenters. The fraction of sp³-hybridized carbons (Fsp3) is 0.0800. The van der Waals surface area contributed by atoms with Gasteiger partial charge in [-0.25, -0.2) is 9.69 Å². The smallest absolute Gasteiger partial charge is 0.335 e. The lowest BCUT2D eigenvalue weighted by Crippen LogP contribution is -2.54. The topological polar surface area (TPSA) is 75.7 Å². The van der Waals surface area contributed by atoms with Crippen molar-refractivity contribution in [2.45, 2.75) is 13.5 Å². The summed E-state index contributed by atoms with van der Waals surface area (Å²) in [7, 11) is 0. The highest BCUT2D eigenvalue weighted by atomic mass is 35.5. The lowest BCUT2D eigenvalue weighted by molar-refractivity contribution is -0.122. The van der Waals surface area contributed by atoms with Crippen LogP contribution >= 0.6 is 46.4 Å². The molecule has 0 bridgehead atoms. The first-order valence-corrected chi connectivity index (χ1v) is 11.7. The Bertz CT molecular complexity index is 1400. The molecule has 0 aromatic heterocycles. The van der Waals surface area contributed by atoms with Crippen molar-refractivity contribution in [3.05, 3.63) is 97.0 Å². The predicted octanol–water partition coefficient (Wildman–Crippen LogP) is 6.85. The van der Waals surface area contributed by atoms with Crippen LogP contribution in [-0.4, -0.2) is 17.8 Å². The van der Waals surface area contributed by atoms with Crippen molar-refractivity contribution in [3.8, 4) is 5.75 Å². The van der Waals surface area contributed by atoms with Crippen LogP contribution in [-0.2, 0) is 16.2 Å². The first kappa shape index (κ1) is 25.1. The van der Waals surface area contributed by atoms with Gasteiger partial charge in [0.2, 0.25) is 0 Å². The molecule has 1 aliphatic rings. The van der Waals surface area contributed by atoms with E-state index >= 15 is 0 Å². The average molecular weight is 550 g/mol. The Morgan fingerprint density at radius 3 is 2.37 bits per heavy atom. The molecule has 0 saturated carbocycles. The molecular weight excluding hydrogens is 534 g/mol. The number of barbiturate groups is 1. The predicted molar refractivity (Wildman–Crippen MR) is 137 cm³/mol. The second-order valence-corrected chi connectivity index (χ2v) is 9.24. The number of hydrogen-bond donors (Lipinski definition) is 1. The zero-order valence-corrected chi connectivity index (χ0v) is 21.1. The van der Waals surface area contributed by atoms with Crippen LogP contribution in [0, 0.1) is 6.92 Å². The van der Waals surface area contributed by atoms with Gasteiger partial charge in [0.05, 0.1) is 5.69 Å². The van der Waals surface area contributed by atoms with E-state index in [9.17, 15) is 14.4 Å². The molecule has 1 heterocycles. The van der Waals surface area contributed by atoms with Gasteiger partial charge in [0.15, 0.2) is 0 Å². The summed E-state index contributed by atoms with van der Waals surface area (Å²) < 4.78 is 5.91. The Morgan fingerprint density at radius 1 is 0.914 bits per heavy atom. The van der Waals surface area contributed by atoms with Crippen LogP contribution < -0.4 is 15.0 Å². The normalized spacial score (nSPS) is 14.9. The standard InChI is InChI=1S/C25H16Cl4N2O4/c1-13-19(28)3-2-4-21(13)31-24(33)18(23(32)30-25(31)34)10-15-9-16(26)7-8-22(15)35-12-14-5-6-17(27)11-20(14)29/h2-11H,12H2,1H3,(H,30,32,34)/b18-10+. The number of hydrogen-bond acceptors (Lipinski definition) is 4. The number of urea groups is 1. The summed E-state index contributed by atoms with van der Waals surface area (Å²) in [5.74, 6) is -1.31. The molecule has 3 aromatic carbocycles. The molecule has 4 rings (SSSR count). The van der Waals surface area contributed by atoms with Gasteiger partial charge in [0.25, 0.3) is 11.8 Å². The molecule has 35 heavy (non-hydrogen) atoms. The minimum Gasteiger partial charge on any atom is -0.488 e. The highest BCUT2D eigenvalue weighted by molar-refractivity contribution is 6.40. The number of nitrogens with zero attached hydrogens (tertiary/aromatic N) is 1. The molecule has 10 heteroatoms. The number of ether oxygens (including phenoxy) is 1. The maximum absolute atomic E-state index is 13.3. The van der Waals surface area contributed by atoms with E-state index in [2.05, 4.69) is 5.32 Å². The molecule has 1 N–H and O–H groups in total. The monoisotopic (exact) mass is 548 g/mol. The number of anilines is 1. The Balaban J connectivity index is 1.70. The van der Waals surface area contributed by atoms with Crippen molar-refractivity contribution in [2.75, 3.05) is 4.90 Å². The minimum atomic E-state index is -0.873. The molecule has 0 unspecified atom stereocenters. The molecule has 178 valence electrons. The van der Waals surface area contributed by atoms with Crippen molar-refractivity contribution in [1.29, 1.82) is 0 Å². The molecule has 1 aliphatic heterocycles. The summed E-state index contributed by atoms with van der Waals surface area (Å²) >= 11 is 24.5. The van der Waals surface area contributed by atoms with Gasteiger partial charge in [0, 0.05) is 31.2 Å². The number of carbonyl (C=O) groups is 3. The summed E-state index contributed by atoms with van der Waals surface area (Å²) in [6, 6.07) is 13.7. The Kier molecular flexibility index (Phi) is 7.38. The molecule has 1 fully saturated rings. The third-order valence-electron chi connectivity index (χ3n) is 5.25. The second-order valence-electron chi connectivity index (χ2n) is 7.55. The van der Waals surface area contributed by atoms with Crippen LogP contribution in [0.3, 0.4) is 0 Å². The number of amides is 4. The highest BCUT2D eigenvalue weighted by Crippen LogP contribution is 2.32. The van der Waals surface area contributed by atoms with Crippen molar-refractivity contribution < 1.29 is 19.1 Å². The van der Waals surface area contributed by atoms with E-state index in [0.717, 1.165) is 4.90 Å². The molecule has 4 amide bonds. The number of imide groups is 2. The van der Waals surface area contributed by atoms with Crippen LogP contribution in [0.2, 0.25) is 20.1 Å². The summed E-state index contributed by atoms with van der Waals surface area (Å²) in [5.41, 5.74) is 1.54. The van der Waals surface area contributed by atoms with Crippen LogP contribution in [0.4, 0.5) is 10.5 Å². The molecule has 3 aromatic rings. The summed E-state index contributed by atoms with van der Waals surface area (Å²) in [5, 5.41) is 3.84. The molecule has 0 radical (unpaired) electrons.